The van der Waals surface area contributed by atoms with Crippen LogP contribution in [0, 0.1) is 12.5 Å². The number of piperazine rings is 1. The molecule has 0 aromatic rings. The summed E-state index contributed by atoms with van der Waals surface area (Å²) in [5.41, 5.74) is 0. The number of nitrogens with one attached hydrogen (secondary N) is 1. The molecule has 0 atom stereocenters. The predicted octanol–water partition coefficient (Wildman–Crippen LogP) is 0.870. The van der Waals surface area contributed by atoms with E-state index in [0.717, 1.165) is 32.2 Å². The van der Waals surface area contributed by atoms with Gasteiger partial charge in [0, 0.05) is 39.4 Å². The molecule has 2 saturated heterocycles. The topological polar surface area (TPSA) is 24.5 Å². The van der Waals surface area contributed by atoms with E-state index in [1.807, 2.05) is 0 Å². The molecule has 3 nitrogen and oxygen atoms in total. The van der Waals surface area contributed by atoms with Gasteiger partial charge < -0.3 is 15.0 Å². The first kappa shape index (κ1) is 10.4. The fourth-order valence-corrected chi connectivity index (χ4v) is 2.21. The molecule has 2 rings (SSSR count). The number of nitrogens with zero attached hydrogens (tertiary/aromatic N) is 1. The predicted molar refractivity (Wildman–Crippen MR) is 56.9 cm³/mol. The highest BCUT2D eigenvalue weighted by molar-refractivity contribution is 4.77. The Bertz CT molecular complexity index is 133. The van der Waals surface area contributed by atoms with E-state index in [1.54, 1.807) is 0 Å². The van der Waals surface area contributed by atoms with E-state index in [0.29, 0.717) is 0 Å². The van der Waals surface area contributed by atoms with Crippen LogP contribution in [0.3, 0.4) is 0 Å². The van der Waals surface area contributed by atoms with Crippen molar-refractivity contribution in [1.29, 1.82) is 0 Å². The molecule has 0 aromatic carbocycles. The summed E-state index contributed by atoms with van der Waals surface area (Å²) in [5.74, 6) is 0.915. The fraction of sp³-hybridized carbons (Fsp3) is 0.909. The van der Waals surface area contributed by atoms with Gasteiger partial charge in [0.1, 0.15) is 0 Å². The van der Waals surface area contributed by atoms with Crippen molar-refractivity contribution in [1.82, 2.24) is 10.2 Å². The summed E-state index contributed by atoms with van der Waals surface area (Å²) >= 11 is 0. The van der Waals surface area contributed by atoms with Crippen LogP contribution in [0.25, 0.3) is 0 Å². The molecule has 2 heterocycles. The second-order valence-corrected chi connectivity index (χ2v) is 4.30. The molecule has 2 aliphatic rings. The summed E-state index contributed by atoms with van der Waals surface area (Å²) in [6, 6.07) is 0. The van der Waals surface area contributed by atoms with E-state index in [9.17, 15) is 0 Å². The summed E-state index contributed by atoms with van der Waals surface area (Å²) in [4.78, 5) is 2.53. The van der Waals surface area contributed by atoms with Gasteiger partial charge in [0.05, 0.1) is 0 Å². The molecule has 81 valence electrons. The van der Waals surface area contributed by atoms with Crippen molar-refractivity contribution < 1.29 is 4.74 Å². The minimum atomic E-state index is 0.915. The fourth-order valence-electron chi connectivity index (χ4n) is 2.21. The van der Waals surface area contributed by atoms with Crippen LogP contribution in [-0.2, 0) is 4.74 Å². The minimum absolute atomic E-state index is 0.915. The Kier molecular flexibility index (Phi) is 4.22. The van der Waals surface area contributed by atoms with Gasteiger partial charge in [-0.2, -0.15) is 0 Å². The van der Waals surface area contributed by atoms with Crippen LogP contribution in [0.1, 0.15) is 19.3 Å². The zero-order valence-electron chi connectivity index (χ0n) is 8.87. The molecule has 0 saturated carbocycles. The summed E-state index contributed by atoms with van der Waals surface area (Å²) in [5, 5.41) is 3.27. The molecule has 14 heavy (non-hydrogen) atoms. The lowest BCUT2D eigenvalue weighted by atomic mass is 9.96. The molecule has 1 radical (unpaired) electrons. The van der Waals surface area contributed by atoms with Crippen LogP contribution >= 0.6 is 0 Å². The normalized spacial score (nSPS) is 26.6. The van der Waals surface area contributed by atoms with Crippen molar-refractivity contribution >= 4 is 0 Å². The van der Waals surface area contributed by atoms with Gasteiger partial charge in [0.15, 0.2) is 0 Å². The Balaban J connectivity index is 1.60. The molecule has 0 aliphatic carbocycles. The third-order valence-corrected chi connectivity index (χ3v) is 3.26. The van der Waals surface area contributed by atoms with E-state index in [2.05, 4.69) is 16.8 Å². The smallest absolute Gasteiger partial charge is 0.0468 e. The maximum absolute atomic E-state index is 5.36. The number of rotatable bonds is 3. The van der Waals surface area contributed by atoms with E-state index in [-0.39, 0.29) is 0 Å². The van der Waals surface area contributed by atoms with Crippen molar-refractivity contribution in [2.24, 2.45) is 5.92 Å². The average Bonchev–Trinajstić information content (AvgIpc) is 2.29. The van der Waals surface area contributed by atoms with Gasteiger partial charge >= 0.3 is 0 Å². The quantitative estimate of drug-likeness (QED) is 0.726. The highest BCUT2D eigenvalue weighted by Gasteiger charge is 2.16. The molecule has 0 amide bonds. The van der Waals surface area contributed by atoms with E-state index >= 15 is 0 Å². The average molecular weight is 197 g/mol. The molecule has 0 bridgehead atoms. The Morgan fingerprint density at radius 1 is 1.36 bits per heavy atom. The van der Waals surface area contributed by atoms with Gasteiger partial charge in [0.25, 0.3) is 0 Å². The van der Waals surface area contributed by atoms with Crippen LogP contribution in [0.15, 0.2) is 0 Å². The summed E-state index contributed by atoms with van der Waals surface area (Å²) < 4.78 is 5.36. The van der Waals surface area contributed by atoms with Crippen molar-refractivity contribution in [3.63, 3.8) is 0 Å². The molecule has 2 aliphatic heterocycles. The Labute approximate surface area is 86.8 Å². The molecule has 2 fully saturated rings. The van der Waals surface area contributed by atoms with Gasteiger partial charge in [-0.25, -0.2) is 0 Å². The Hall–Kier alpha value is -0.120. The summed E-state index contributed by atoms with van der Waals surface area (Å²) in [7, 11) is 0. The van der Waals surface area contributed by atoms with Gasteiger partial charge in [-0.15, -0.1) is 0 Å². The van der Waals surface area contributed by atoms with E-state index in [1.165, 1.54) is 32.4 Å². The molecular weight excluding hydrogens is 176 g/mol. The minimum Gasteiger partial charge on any atom is -0.381 e. The molecule has 1 N–H and O–H groups in total. The van der Waals surface area contributed by atoms with Crippen molar-refractivity contribution in [3.8, 4) is 0 Å². The van der Waals surface area contributed by atoms with E-state index in [4.69, 9.17) is 4.74 Å². The van der Waals surface area contributed by atoms with Crippen molar-refractivity contribution in [2.75, 3.05) is 39.4 Å². The summed E-state index contributed by atoms with van der Waals surface area (Å²) in [6.45, 7) is 8.85. The van der Waals surface area contributed by atoms with Crippen molar-refractivity contribution in [2.45, 2.75) is 19.3 Å². The first-order valence-corrected chi connectivity index (χ1v) is 5.80. The second-order valence-electron chi connectivity index (χ2n) is 4.30. The molecule has 0 unspecified atom stereocenters. The maximum Gasteiger partial charge on any atom is 0.0468 e. The SMILES string of the molecule is [CH]1CN(CCC2CCOCC2)CCN1. The van der Waals surface area contributed by atoms with Gasteiger partial charge in [-0.05, 0) is 31.7 Å². The highest BCUT2D eigenvalue weighted by Crippen LogP contribution is 2.18. The number of ether oxygens (including phenoxy) is 1. The molecular formula is C11H21N2O. The standard InChI is InChI=1S/C11H21N2O/c1(11-2-9-14-10-3-11)6-13-7-4-12-5-8-13/h4,11-12H,1-3,5-10H2. The number of hydrogen-bond acceptors (Lipinski definition) is 3. The second kappa shape index (κ2) is 5.69. The van der Waals surface area contributed by atoms with E-state index < -0.39 is 0 Å². The first-order valence-electron chi connectivity index (χ1n) is 5.80. The lowest BCUT2D eigenvalue weighted by Gasteiger charge is -2.29. The Morgan fingerprint density at radius 3 is 2.93 bits per heavy atom. The maximum atomic E-state index is 5.36. The largest absolute Gasteiger partial charge is 0.381 e. The lowest BCUT2D eigenvalue weighted by Crippen LogP contribution is -2.41. The molecule has 0 spiro atoms. The zero-order chi connectivity index (χ0) is 9.64. The lowest BCUT2D eigenvalue weighted by molar-refractivity contribution is 0.0599. The molecule has 3 heteroatoms. The van der Waals surface area contributed by atoms with Crippen molar-refractivity contribution in [3.05, 3.63) is 6.54 Å². The van der Waals surface area contributed by atoms with Crippen LogP contribution < -0.4 is 5.32 Å². The van der Waals surface area contributed by atoms with Crippen LogP contribution in [0.2, 0.25) is 0 Å². The monoisotopic (exact) mass is 197 g/mol. The van der Waals surface area contributed by atoms with Gasteiger partial charge in [-0.3, -0.25) is 0 Å². The Morgan fingerprint density at radius 2 is 2.21 bits per heavy atom. The third-order valence-electron chi connectivity index (χ3n) is 3.26. The first-order chi connectivity index (χ1) is 6.95. The van der Waals surface area contributed by atoms with Crippen LogP contribution in [-0.4, -0.2) is 44.3 Å². The van der Waals surface area contributed by atoms with Gasteiger partial charge in [-0.1, -0.05) is 0 Å². The van der Waals surface area contributed by atoms with Crippen LogP contribution in [0.5, 0.6) is 0 Å². The zero-order valence-corrected chi connectivity index (χ0v) is 8.87. The van der Waals surface area contributed by atoms with Gasteiger partial charge in [0.2, 0.25) is 0 Å². The number of hydrogen-bond donors (Lipinski definition) is 1. The summed E-state index contributed by atoms with van der Waals surface area (Å²) in [6.07, 6.45) is 3.91. The molecule has 0 aromatic heterocycles. The van der Waals surface area contributed by atoms with Crippen LogP contribution in [0.4, 0.5) is 0 Å². The third kappa shape index (κ3) is 3.23. The highest BCUT2D eigenvalue weighted by atomic mass is 16.5.